The van der Waals surface area contributed by atoms with Crippen molar-refractivity contribution in [2.75, 3.05) is 13.1 Å². The number of hydrogen-bond donors (Lipinski definition) is 6. The van der Waals surface area contributed by atoms with E-state index in [2.05, 4.69) is 22.0 Å². The lowest BCUT2D eigenvalue weighted by molar-refractivity contribution is -0.141. The van der Waals surface area contributed by atoms with Crippen molar-refractivity contribution >= 4 is 17.8 Å². The fourth-order valence-corrected chi connectivity index (χ4v) is 2.27. The van der Waals surface area contributed by atoms with Crippen LogP contribution in [0.2, 0.25) is 0 Å². The van der Waals surface area contributed by atoms with Crippen LogP contribution in [0.1, 0.15) is 29.5 Å². The van der Waals surface area contributed by atoms with E-state index in [1.165, 1.54) is 11.1 Å². The van der Waals surface area contributed by atoms with E-state index in [0.717, 1.165) is 5.56 Å². The molecule has 1 atom stereocenters. The maximum absolute atomic E-state index is 11.9. The molecule has 0 aliphatic heterocycles. The number of carboxylic acids is 1. The minimum atomic E-state index is -1.08. The van der Waals surface area contributed by atoms with Crippen molar-refractivity contribution in [3.63, 3.8) is 0 Å². The molecule has 8 heteroatoms. The summed E-state index contributed by atoms with van der Waals surface area (Å²) in [6.07, 6.45) is 0.741. The first kappa shape index (κ1) is 20.4. The van der Waals surface area contributed by atoms with Gasteiger partial charge in [0.25, 0.3) is 0 Å². The van der Waals surface area contributed by atoms with E-state index in [1.807, 2.05) is 26.0 Å². The second-order valence-corrected chi connectivity index (χ2v) is 5.96. The highest BCUT2D eigenvalue weighted by Crippen LogP contribution is 2.09. The van der Waals surface area contributed by atoms with Crippen LogP contribution in [0.3, 0.4) is 0 Å². The summed E-state index contributed by atoms with van der Waals surface area (Å²) >= 11 is 0. The summed E-state index contributed by atoms with van der Waals surface area (Å²) < 4.78 is 0. The summed E-state index contributed by atoms with van der Waals surface area (Å²) in [5, 5.41) is 24.3. The lowest BCUT2D eigenvalue weighted by Gasteiger charge is -2.15. The Bertz CT molecular complexity index is 618. The molecule has 0 saturated heterocycles. The van der Waals surface area contributed by atoms with E-state index in [1.54, 1.807) is 0 Å². The zero-order chi connectivity index (χ0) is 18.8. The van der Waals surface area contributed by atoms with Crippen LogP contribution in [0.15, 0.2) is 18.2 Å². The number of carboxylic acid groups (broad SMARTS) is 1. The summed E-state index contributed by atoms with van der Waals surface area (Å²) in [4.78, 5) is 23.1. The number of aryl methyl sites for hydroxylation is 2. The zero-order valence-electron chi connectivity index (χ0n) is 14.7. The van der Waals surface area contributed by atoms with E-state index in [9.17, 15) is 9.59 Å². The lowest BCUT2D eigenvalue weighted by Crippen LogP contribution is -2.45. The van der Waals surface area contributed by atoms with E-state index >= 15 is 0 Å². The summed E-state index contributed by atoms with van der Waals surface area (Å²) in [5.74, 6) is -1.60. The topological polar surface area (TPSA) is 140 Å². The molecule has 0 aliphatic rings. The number of amides is 1. The van der Waals surface area contributed by atoms with Crippen LogP contribution in [0.5, 0.6) is 0 Å². The van der Waals surface area contributed by atoms with Gasteiger partial charge >= 0.3 is 5.97 Å². The van der Waals surface area contributed by atoms with Crippen LogP contribution >= 0.6 is 0 Å². The average molecular weight is 349 g/mol. The molecular weight excluding hydrogens is 322 g/mol. The minimum absolute atomic E-state index is 0.0440. The van der Waals surface area contributed by atoms with Gasteiger partial charge in [0.1, 0.15) is 6.04 Å². The molecule has 1 rings (SSSR count). The average Bonchev–Trinajstić information content (AvgIpc) is 2.53. The number of hydrogen-bond acceptors (Lipinski definition) is 4. The minimum Gasteiger partial charge on any atom is -0.480 e. The summed E-state index contributed by atoms with van der Waals surface area (Å²) in [6, 6.07) is 5.13. The molecule has 0 spiro atoms. The second-order valence-electron chi connectivity index (χ2n) is 5.96. The van der Waals surface area contributed by atoms with Gasteiger partial charge in [-0.25, -0.2) is 4.79 Å². The van der Waals surface area contributed by atoms with Gasteiger partial charge in [-0.05, 0) is 43.4 Å². The van der Waals surface area contributed by atoms with E-state index in [0.29, 0.717) is 19.5 Å². The number of benzene rings is 1. The van der Waals surface area contributed by atoms with E-state index in [-0.39, 0.29) is 24.8 Å². The SMILES string of the molecule is Cc1ccc(CNCC(=O)NC(CCCNC(=N)N)C(=O)O)cc1C. The highest BCUT2D eigenvalue weighted by molar-refractivity contribution is 5.84. The molecule has 0 saturated carbocycles. The third kappa shape index (κ3) is 8.16. The summed E-state index contributed by atoms with van der Waals surface area (Å²) in [7, 11) is 0. The predicted molar refractivity (Wildman–Crippen MR) is 96.3 cm³/mol. The Balaban J connectivity index is 2.35. The maximum Gasteiger partial charge on any atom is 0.326 e. The Kier molecular flexibility index (Phi) is 8.42. The van der Waals surface area contributed by atoms with Crippen LogP contribution in [0.4, 0.5) is 0 Å². The Hall–Kier alpha value is -2.61. The molecule has 0 heterocycles. The molecule has 0 fully saturated rings. The Morgan fingerprint density at radius 1 is 1.28 bits per heavy atom. The van der Waals surface area contributed by atoms with Crippen LogP contribution in [0, 0.1) is 19.3 Å². The van der Waals surface area contributed by atoms with Gasteiger partial charge in [-0.2, -0.15) is 0 Å². The molecule has 1 unspecified atom stereocenters. The number of guanidine groups is 1. The largest absolute Gasteiger partial charge is 0.480 e. The summed E-state index contributed by atoms with van der Waals surface area (Å²) in [5.41, 5.74) is 8.62. The zero-order valence-corrected chi connectivity index (χ0v) is 14.7. The quantitative estimate of drug-likeness (QED) is 0.203. The molecule has 1 aromatic carbocycles. The molecule has 0 aromatic heterocycles. The molecule has 0 aliphatic carbocycles. The van der Waals surface area contributed by atoms with Gasteiger partial charge in [-0.1, -0.05) is 18.2 Å². The molecule has 7 N–H and O–H groups in total. The second kappa shape index (κ2) is 10.3. The monoisotopic (exact) mass is 349 g/mol. The van der Waals surface area contributed by atoms with Crippen LogP contribution in [0.25, 0.3) is 0 Å². The third-order valence-corrected chi connectivity index (χ3v) is 3.80. The van der Waals surface area contributed by atoms with Crippen molar-refractivity contribution in [1.82, 2.24) is 16.0 Å². The maximum atomic E-state index is 11.9. The van der Waals surface area contributed by atoms with Crippen LogP contribution in [-0.2, 0) is 16.1 Å². The van der Waals surface area contributed by atoms with Crippen LogP contribution in [-0.4, -0.2) is 42.1 Å². The molecule has 25 heavy (non-hydrogen) atoms. The third-order valence-electron chi connectivity index (χ3n) is 3.80. The fourth-order valence-electron chi connectivity index (χ4n) is 2.27. The van der Waals surface area contributed by atoms with Crippen molar-refractivity contribution in [3.8, 4) is 0 Å². The van der Waals surface area contributed by atoms with E-state index in [4.69, 9.17) is 16.2 Å². The van der Waals surface area contributed by atoms with Crippen LogP contribution < -0.4 is 21.7 Å². The van der Waals surface area contributed by atoms with Gasteiger partial charge in [0, 0.05) is 13.1 Å². The molecule has 1 amide bonds. The van der Waals surface area contributed by atoms with Crippen molar-refractivity contribution in [3.05, 3.63) is 34.9 Å². The van der Waals surface area contributed by atoms with E-state index < -0.39 is 12.0 Å². The Morgan fingerprint density at radius 2 is 2.00 bits per heavy atom. The van der Waals surface area contributed by atoms with Gasteiger partial charge < -0.3 is 26.8 Å². The first-order valence-electron chi connectivity index (χ1n) is 8.16. The first-order valence-corrected chi connectivity index (χ1v) is 8.16. The number of carbonyl (C=O) groups excluding carboxylic acids is 1. The van der Waals surface area contributed by atoms with Gasteiger partial charge in [-0.15, -0.1) is 0 Å². The van der Waals surface area contributed by atoms with Gasteiger partial charge in [0.2, 0.25) is 5.91 Å². The summed E-state index contributed by atoms with van der Waals surface area (Å²) in [6.45, 7) is 5.04. The Morgan fingerprint density at radius 3 is 2.60 bits per heavy atom. The molecule has 0 radical (unpaired) electrons. The van der Waals surface area contributed by atoms with Crippen molar-refractivity contribution in [2.24, 2.45) is 5.73 Å². The molecular formula is C17H27N5O3. The molecule has 0 bridgehead atoms. The molecule has 138 valence electrons. The molecule has 8 nitrogen and oxygen atoms in total. The normalized spacial score (nSPS) is 11.6. The van der Waals surface area contributed by atoms with Gasteiger partial charge in [0.15, 0.2) is 5.96 Å². The fraction of sp³-hybridized carbons (Fsp3) is 0.471. The van der Waals surface area contributed by atoms with Crippen molar-refractivity contribution < 1.29 is 14.7 Å². The Labute approximate surface area is 147 Å². The predicted octanol–water partition coefficient (Wildman–Crippen LogP) is 0.226. The number of rotatable bonds is 10. The smallest absolute Gasteiger partial charge is 0.326 e. The number of nitrogens with two attached hydrogens (primary N) is 1. The highest BCUT2D eigenvalue weighted by atomic mass is 16.4. The number of nitrogens with one attached hydrogen (secondary N) is 4. The number of aliphatic carboxylic acids is 1. The van der Waals surface area contributed by atoms with Crippen molar-refractivity contribution in [2.45, 2.75) is 39.3 Å². The lowest BCUT2D eigenvalue weighted by atomic mass is 10.1. The highest BCUT2D eigenvalue weighted by Gasteiger charge is 2.19. The van der Waals surface area contributed by atoms with Gasteiger partial charge in [-0.3, -0.25) is 10.2 Å². The number of carbonyl (C=O) groups is 2. The first-order chi connectivity index (χ1) is 11.8. The van der Waals surface area contributed by atoms with Gasteiger partial charge in [0.05, 0.1) is 6.54 Å². The molecule has 1 aromatic rings. The standard InChI is InChI=1S/C17H27N5O3/c1-11-5-6-13(8-12(11)2)9-20-10-15(23)22-14(16(24)25)4-3-7-21-17(18)19/h5-6,8,14,20H,3-4,7,9-10H2,1-2H3,(H,22,23)(H,24,25)(H4,18,19,21). The van der Waals surface area contributed by atoms with Crippen molar-refractivity contribution in [1.29, 1.82) is 5.41 Å².